The van der Waals surface area contributed by atoms with Crippen molar-refractivity contribution in [3.63, 3.8) is 0 Å². The lowest BCUT2D eigenvalue weighted by Gasteiger charge is -2.42. The van der Waals surface area contributed by atoms with Crippen molar-refractivity contribution in [2.24, 2.45) is 0 Å². The lowest BCUT2D eigenvalue weighted by molar-refractivity contribution is 0.869. The summed E-state index contributed by atoms with van der Waals surface area (Å²) in [7, 11) is 0. The van der Waals surface area contributed by atoms with Crippen LogP contribution >= 0.6 is 22.7 Å². The number of rotatable bonds is 4. The summed E-state index contributed by atoms with van der Waals surface area (Å²) in [5.74, 6) is 0.797. The topological polar surface area (TPSA) is 6.48 Å². The molecule has 0 radical (unpaired) electrons. The fourth-order valence-electron chi connectivity index (χ4n) is 12.5. The SMILES string of the molecule is CC(C)c1ccc2sc3c(c2c1)B1c2c(cccc2N(c2cccc4c5ccccc5c5ccccc5c24)c2sc4ccc(C(C)C)cc4c21)N3c1cccc2c3ccccc3c3ccccc3c12. The van der Waals surface area contributed by atoms with Crippen LogP contribution in [0.1, 0.15) is 50.7 Å². The van der Waals surface area contributed by atoms with Crippen LogP contribution in [0.25, 0.3) is 84.8 Å². The molecule has 0 saturated heterocycles. The highest BCUT2D eigenvalue weighted by molar-refractivity contribution is 7.29. The normalized spacial score (nSPS) is 13.4. The Labute approximate surface area is 409 Å². The summed E-state index contributed by atoms with van der Waals surface area (Å²) in [6.45, 7) is 9.33. The Bertz CT molecular complexity index is 4000. The first-order valence-electron chi connectivity index (χ1n) is 24.4. The van der Waals surface area contributed by atoms with Crippen molar-refractivity contribution in [1.82, 2.24) is 0 Å². The van der Waals surface area contributed by atoms with E-state index in [-0.39, 0.29) is 6.71 Å². The zero-order chi connectivity index (χ0) is 45.8. The van der Waals surface area contributed by atoms with Gasteiger partial charge in [-0.2, -0.15) is 0 Å². The van der Waals surface area contributed by atoms with E-state index >= 15 is 0 Å². The van der Waals surface area contributed by atoms with Gasteiger partial charge in [0.05, 0.1) is 21.4 Å². The van der Waals surface area contributed by atoms with Crippen LogP contribution in [0.15, 0.2) is 188 Å². The van der Waals surface area contributed by atoms with Gasteiger partial charge in [0.2, 0.25) is 0 Å². The maximum Gasteiger partial charge on any atom is 0.256 e. The van der Waals surface area contributed by atoms with Crippen molar-refractivity contribution >= 4 is 163 Å². The molecular formula is C64H45BN2S2. The number of benzene rings is 11. The third-order valence-electron chi connectivity index (χ3n) is 15.6. The maximum atomic E-state index is 2.68. The van der Waals surface area contributed by atoms with Gasteiger partial charge in [-0.15, -0.1) is 22.7 Å². The van der Waals surface area contributed by atoms with E-state index < -0.39 is 0 Å². The first kappa shape index (κ1) is 39.5. The van der Waals surface area contributed by atoms with E-state index in [4.69, 9.17) is 0 Å². The second kappa shape index (κ2) is 14.5. The standard InChI is InChI=1S/C64H45BN2S2/c1-36(2)38-30-32-56-50(34-38)60-63(68-56)66(52-26-13-24-48-44-18-7-5-16-40(44)42-20-9-11-22-46(42)58(48)52)54-28-15-29-55-62(54)65(60)61-51-35-39(37(3)4)31-33-57(51)69-64(61)67(55)53-27-14-25-49-45-19-8-6-17-41(45)43-21-10-12-23-47(43)59(49)53/h5-37H,1-4H3. The van der Waals surface area contributed by atoms with Crippen molar-refractivity contribution in [3.8, 4) is 0 Å². The van der Waals surface area contributed by atoms with Gasteiger partial charge in [0.1, 0.15) is 0 Å². The number of anilines is 6. The van der Waals surface area contributed by atoms with E-state index in [1.54, 1.807) is 0 Å². The Morgan fingerprint density at radius 2 is 0.638 bits per heavy atom. The van der Waals surface area contributed by atoms with Gasteiger partial charge in [0.25, 0.3) is 6.71 Å². The van der Waals surface area contributed by atoms with Crippen LogP contribution in [0.2, 0.25) is 0 Å². The fourth-order valence-corrected chi connectivity index (χ4v) is 15.0. The lowest BCUT2D eigenvalue weighted by Crippen LogP contribution is -2.60. The van der Waals surface area contributed by atoms with Crippen LogP contribution in [0, 0.1) is 0 Å². The van der Waals surface area contributed by atoms with Gasteiger partial charge in [-0.25, -0.2) is 0 Å². The molecule has 0 N–H and O–H groups in total. The quantitative estimate of drug-likeness (QED) is 0.128. The minimum Gasteiger partial charge on any atom is -0.302 e. The Morgan fingerprint density at radius 1 is 0.319 bits per heavy atom. The zero-order valence-corrected chi connectivity index (χ0v) is 40.5. The Hall–Kier alpha value is -7.44. The van der Waals surface area contributed by atoms with Crippen LogP contribution in [0.5, 0.6) is 0 Å². The lowest BCUT2D eigenvalue weighted by atomic mass is 9.33. The molecule has 13 aromatic rings. The number of fused-ring (bicyclic) bond motifs is 20. The van der Waals surface area contributed by atoms with Crippen LogP contribution in [-0.2, 0) is 0 Å². The zero-order valence-electron chi connectivity index (χ0n) is 38.8. The monoisotopic (exact) mass is 916 g/mol. The number of hydrogen-bond donors (Lipinski definition) is 0. The van der Waals surface area contributed by atoms with E-state index in [9.17, 15) is 0 Å². The molecule has 2 aromatic heterocycles. The van der Waals surface area contributed by atoms with E-state index in [0.29, 0.717) is 11.8 Å². The Kier molecular flexibility index (Phi) is 8.33. The molecule has 69 heavy (non-hydrogen) atoms. The average Bonchev–Trinajstić information content (AvgIpc) is 3.97. The van der Waals surface area contributed by atoms with Gasteiger partial charge in [0.15, 0.2) is 0 Å². The van der Waals surface area contributed by atoms with Gasteiger partial charge in [-0.1, -0.05) is 179 Å². The van der Waals surface area contributed by atoms with Gasteiger partial charge < -0.3 is 9.80 Å². The molecular weight excluding hydrogens is 872 g/mol. The van der Waals surface area contributed by atoms with Crippen LogP contribution in [0.4, 0.5) is 32.8 Å². The number of thiophene rings is 2. The molecule has 2 aliphatic rings. The molecule has 15 rings (SSSR count). The number of nitrogens with zero attached hydrogens (tertiary/aromatic N) is 2. The summed E-state index contributed by atoms with van der Waals surface area (Å²) in [5, 5.41) is 20.8. The van der Waals surface area contributed by atoms with E-state index in [1.807, 2.05) is 22.7 Å². The Morgan fingerprint density at radius 3 is 1.01 bits per heavy atom. The average molecular weight is 917 g/mol. The Balaban J connectivity index is 1.12. The highest BCUT2D eigenvalue weighted by atomic mass is 32.1. The largest absolute Gasteiger partial charge is 0.302 e. The fraction of sp³-hybridized carbons (Fsp3) is 0.0938. The minimum atomic E-state index is 0.00104. The summed E-state index contributed by atoms with van der Waals surface area (Å²) in [5.41, 5.74) is 11.9. The maximum absolute atomic E-state index is 2.68. The van der Waals surface area contributed by atoms with Gasteiger partial charge in [-0.05, 0) is 140 Å². The molecule has 11 aromatic carbocycles. The number of hydrogen-bond acceptors (Lipinski definition) is 4. The van der Waals surface area contributed by atoms with Crippen LogP contribution in [0.3, 0.4) is 0 Å². The third-order valence-corrected chi connectivity index (χ3v) is 17.9. The van der Waals surface area contributed by atoms with Gasteiger partial charge in [0, 0.05) is 31.5 Å². The molecule has 0 spiro atoms. The van der Waals surface area contributed by atoms with Crippen molar-refractivity contribution < 1.29 is 0 Å². The predicted octanol–water partition coefficient (Wildman–Crippen LogP) is 17.4. The second-order valence-corrected chi connectivity index (χ2v) is 21.9. The molecule has 0 amide bonds. The predicted molar refractivity (Wildman–Crippen MR) is 304 cm³/mol. The van der Waals surface area contributed by atoms with Crippen LogP contribution in [-0.4, -0.2) is 6.71 Å². The molecule has 0 unspecified atom stereocenters. The van der Waals surface area contributed by atoms with E-state index in [2.05, 4.69) is 226 Å². The summed E-state index contributed by atoms with van der Waals surface area (Å²) >= 11 is 3.92. The smallest absolute Gasteiger partial charge is 0.256 e. The second-order valence-electron chi connectivity index (χ2n) is 19.9. The van der Waals surface area contributed by atoms with Crippen molar-refractivity contribution in [1.29, 1.82) is 0 Å². The molecule has 326 valence electrons. The van der Waals surface area contributed by atoms with Crippen molar-refractivity contribution in [2.75, 3.05) is 9.80 Å². The molecule has 0 atom stereocenters. The highest BCUT2D eigenvalue weighted by Gasteiger charge is 2.47. The summed E-state index contributed by atoms with van der Waals surface area (Å²) in [6, 6.07) is 71.9. The molecule has 5 heteroatoms. The van der Waals surface area contributed by atoms with Crippen LogP contribution < -0.4 is 26.2 Å². The molecule has 0 aliphatic carbocycles. The van der Waals surface area contributed by atoms with Gasteiger partial charge in [-0.3, -0.25) is 0 Å². The van der Waals surface area contributed by atoms with Crippen molar-refractivity contribution in [3.05, 3.63) is 199 Å². The van der Waals surface area contributed by atoms with E-state index in [1.165, 1.54) is 145 Å². The van der Waals surface area contributed by atoms with Crippen molar-refractivity contribution in [2.45, 2.75) is 39.5 Å². The summed E-state index contributed by atoms with van der Waals surface area (Å²) in [4.78, 5) is 5.36. The first-order chi connectivity index (χ1) is 33.9. The van der Waals surface area contributed by atoms with Gasteiger partial charge >= 0.3 is 0 Å². The molecule has 0 saturated carbocycles. The third kappa shape index (κ3) is 5.38. The molecule has 2 aliphatic heterocycles. The molecule has 0 bridgehead atoms. The molecule has 2 nitrogen and oxygen atoms in total. The van der Waals surface area contributed by atoms with E-state index in [0.717, 1.165) is 0 Å². The molecule has 4 heterocycles. The highest BCUT2D eigenvalue weighted by Crippen LogP contribution is 2.54. The minimum absolute atomic E-state index is 0.00104. The summed E-state index contributed by atoms with van der Waals surface area (Å²) in [6.07, 6.45) is 0. The summed E-state index contributed by atoms with van der Waals surface area (Å²) < 4.78 is 2.66. The molecule has 0 fully saturated rings. The first-order valence-corrected chi connectivity index (χ1v) is 26.1.